The van der Waals surface area contributed by atoms with Gasteiger partial charge in [-0.3, -0.25) is 14.2 Å². The Labute approximate surface area is 212 Å². The Morgan fingerprint density at radius 1 is 1.06 bits per heavy atom. The number of aromatic amines is 1. The Kier molecular flexibility index (Phi) is 6.52. The normalized spacial score (nSPS) is 11.2. The molecule has 0 aliphatic carbocycles. The minimum absolute atomic E-state index is 0.0956. The zero-order valence-electron chi connectivity index (χ0n) is 20.3. The predicted molar refractivity (Wildman–Crippen MR) is 146 cm³/mol. The van der Waals surface area contributed by atoms with E-state index in [1.54, 1.807) is 16.7 Å². The van der Waals surface area contributed by atoms with Crippen LogP contribution in [0, 0.1) is 13.8 Å². The Balaban J connectivity index is 1.52. The van der Waals surface area contributed by atoms with E-state index in [1.165, 1.54) is 11.8 Å². The molecule has 0 unspecified atom stereocenters. The number of benzene rings is 3. The summed E-state index contributed by atoms with van der Waals surface area (Å²) in [4.78, 5) is 34.7. The van der Waals surface area contributed by atoms with Gasteiger partial charge in [-0.15, -0.1) is 0 Å². The summed E-state index contributed by atoms with van der Waals surface area (Å²) in [6, 6.07) is 20.8. The standard InChI is InChI=1S/C28H26N4O3S/c1-4-35-20-14-12-19(13-15-20)29-24(33)16-36-28-31-25-21-9-5-6-10-22(21)30-26(25)27(34)32(28)23-11-7-8-17(2)18(23)3/h5-15,30H,4,16H2,1-3H3,(H,29,33). The number of rotatable bonds is 7. The molecule has 1 amide bonds. The van der Waals surface area contributed by atoms with Gasteiger partial charge >= 0.3 is 0 Å². The van der Waals surface area contributed by atoms with Gasteiger partial charge in [-0.05, 0) is 68.3 Å². The predicted octanol–water partition coefficient (Wildman–Crippen LogP) is 5.61. The number of amides is 1. The molecule has 2 heterocycles. The van der Waals surface area contributed by atoms with Crippen molar-refractivity contribution in [3.8, 4) is 11.4 Å². The smallest absolute Gasteiger partial charge is 0.283 e. The fourth-order valence-corrected chi connectivity index (χ4v) is 4.96. The van der Waals surface area contributed by atoms with Gasteiger partial charge in [0, 0.05) is 16.6 Å². The van der Waals surface area contributed by atoms with Gasteiger partial charge in [-0.2, -0.15) is 0 Å². The minimum Gasteiger partial charge on any atom is -0.494 e. The molecule has 0 bridgehead atoms. The number of para-hydroxylation sites is 1. The highest BCUT2D eigenvalue weighted by molar-refractivity contribution is 7.99. The van der Waals surface area contributed by atoms with Crippen LogP contribution in [0.25, 0.3) is 27.6 Å². The molecule has 2 aromatic heterocycles. The Morgan fingerprint density at radius 3 is 2.61 bits per heavy atom. The van der Waals surface area contributed by atoms with E-state index in [2.05, 4.69) is 10.3 Å². The molecule has 36 heavy (non-hydrogen) atoms. The average molecular weight is 499 g/mol. The molecule has 0 aliphatic rings. The molecule has 8 heteroatoms. The SMILES string of the molecule is CCOc1ccc(NC(=O)CSc2nc3c([nH]c4ccccc43)c(=O)n2-c2cccc(C)c2C)cc1. The van der Waals surface area contributed by atoms with Crippen molar-refractivity contribution in [2.75, 3.05) is 17.7 Å². The van der Waals surface area contributed by atoms with Crippen LogP contribution < -0.4 is 15.6 Å². The number of carbonyl (C=O) groups is 1. The first-order chi connectivity index (χ1) is 17.5. The quantitative estimate of drug-likeness (QED) is 0.225. The number of ether oxygens (including phenoxy) is 1. The van der Waals surface area contributed by atoms with E-state index < -0.39 is 0 Å². The van der Waals surface area contributed by atoms with Crippen LogP contribution in [0.5, 0.6) is 5.75 Å². The van der Waals surface area contributed by atoms with E-state index in [0.29, 0.717) is 28.5 Å². The van der Waals surface area contributed by atoms with Crippen molar-refractivity contribution in [3.05, 3.63) is 88.2 Å². The molecule has 2 N–H and O–H groups in total. The van der Waals surface area contributed by atoms with Crippen molar-refractivity contribution in [1.29, 1.82) is 0 Å². The molecule has 0 saturated carbocycles. The van der Waals surface area contributed by atoms with Crippen LogP contribution in [0.1, 0.15) is 18.1 Å². The molecular weight excluding hydrogens is 472 g/mol. The van der Waals surface area contributed by atoms with E-state index in [4.69, 9.17) is 9.72 Å². The van der Waals surface area contributed by atoms with Crippen LogP contribution in [-0.2, 0) is 4.79 Å². The van der Waals surface area contributed by atoms with Crippen LogP contribution in [0.4, 0.5) is 5.69 Å². The lowest BCUT2D eigenvalue weighted by atomic mass is 10.1. The van der Waals surface area contributed by atoms with Gasteiger partial charge in [0.25, 0.3) is 5.56 Å². The maximum atomic E-state index is 13.8. The first kappa shape index (κ1) is 23.7. The molecule has 0 radical (unpaired) electrons. The first-order valence-corrected chi connectivity index (χ1v) is 12.7. The number of aromatic nitrogens is 3. The summed E-state index contributed by atoms with van der Waals surface area (Å²) in [6.07, 6.45) is 0. The summed E-state index contributed by atoms with van der Waals surface area (Å²) in [7, 11) is 0. The highest BCUT2D eigenvalue weighted by atomic mass is 32.2. The van der Waals surface area contributed by atoms with Gasteiger partial charge in [0.05, 0.1) is 18.0 Å². The molecule has 5 rings (SSSR count). The fourth-order valence-electron chi connectivity index (χ4n) is 4.16. The van der Waals surface area contributed by atoms with Crippen molar-refractivity contribution >= 4 is 45.3 Å². The van der Waals surface area contributed by atoms with Crippen LogP contribution in [-0.4, -0.2) is 32.8 Å². The van der Waals surface area contributed by atoms with Gasteiger partial charge in [0.2, 0.25) is 5.91 Å². The van der Waals surface area contributed by atoms with E-state index in [1.807, 2.05) is 75.4 Å². The number of H-pyrrole nitrogens is 1. The Bertz CT molecular complexity index is 1640. The zero-order valence-corrected chi connectivity index (χ0v) is 21.1. The van der Waals surface area contributed by atoms with Crippen molar-refractivity contribution in [3.63, 3.8) is 0 Å². The van der Waals surface area contributed by atoms with Gasteiger partial charge in [0.1, 0.15) is 16.8 Å². The number of hydrogen-bond acceptors (Lipinski definition) is 5. The summed E-state index contributed by atoms with van der Waals surface area (Å²) in [5, 5.41) is 4.24. The topological polar surface area (TPSA) is 89.0 Å². The summed E-state index contributed by atoms with van der Waals surface area (Å²) in [5.74, 6) is 0.654. The maximum absolute atomic E-state index is 13.8. The van der Waals surface area contributed by atoms with Crippen LogP contribution in [0.2, 0.25) is 0 Å². The molecule has 0 spiro atoms. The molecule has 182 valence electrons. The summed E-state index contributed by atoms with van der Waals surface area (Å²) in [6.45, 7) is 6.50. The van der Waals surface area contributed by atoms with E-state index in [0.717, 1.165) is 33.5 Å². The van der Waals surface area contributed by atoms with Crippen LogP contribution in [0.3, 0.4) is 0 Å². The van der Waals surface area contributed by atoms with E-state index in [-0.39, 0.29) is 17.2 Å². The van der Waals surface area contributed by atoms with Crippen molar-refractivity contribution in [1.82, 2.24) is 14.5 Å². The lowest BCUT2D eigenvalue weighted by Crippen LogP contribution is -2.23. The molecule has 3 aromatic carbocycles. The second-order valence-electron chi connectivity index (χ2n) is 8.44. The second-order valence-corrected chi connectivity index (χ2v) is 9.38. The van der Waals surface area contributed by atoms with Crippen LogP contribution in [0.15, 0.2) is 76.7 Å². The van der Waals surface area contributed by atoms with Crippen molar-refractivity contribution < 1.29 is 9.53 Å². The third-order valence-corrected chi connectivity index (χ3v) is 7.03. The number of nitrogens with one attached hydrogen (secondary N) is 2. The molecule has 7 nitrogen and oxygen atoms in total. The largest absolute Gasteiger partial charge is 0.494 e. The number of anilines is 1. The molecule has 0 saturated heterocycles. The van der Waals surface area contributed by atoms with Crippen LogP contribution >= 0.6 is 11.8 Å². The molecule has 0 atom stereocenters. The molecule has 0 aliphatic heterocycles. The molecular formula is C28H26N4O3S. The van der Waals surface area contributed by atoms with E-state index in [9.17, 15) is 9.59 Å². The van der Waals surface area contributed by atoms with Crippen molar-refractivity contribution in [2.45, 2.75) is 25.9 Å². The summed E-state index contributed by atoms with van der Waals surface area (Å²) in [5.41, 5.74) is 5.18. The third kappa shape index (κ3) is 4.47. The Hall–Kier alpha value is -4.04. The van der Waals surface area contributed by atoms with Gasteiger partial charge < -0.3 is 15.0 Å². The first-order valence-electron chi connectivity index (χ1n) is 11.7. The highest BCUT2D eigenvalue weighted by Crippen LogP contribution is 2.28. The summed E-state index contributed by atoms with van der Waals surface area (Å²) >= 11 is 1.24. The molecule has 0 fully saturated rings. The number of carbonyl (C=O) groups excluding carboxylic acids is 1. The number of aryl methyl sites for hydroxylation is 1. The minimum atomic E-state index is -0.195. The monoisotopic (exact) mass is 498 g/mol. The third-order valence-electron chi connectivity index (χ3n) is 6.09. The van der Waals surface area contributed by atoms with Gasteiger partial charge in [-0.25, -0.2) is 4.98 Å². The number of fused-ring (bicyclic) bond motifs is 3. The van der Waals surface area contributed by atoms with Gasteiger partial charge in [0.15, 0.2) is 5.16 Å². The Morgan fingerprint density at radius 2 is 1.83 bits per heavy atom. The average Bonchev–Trinajstić information content (AvgIpc) is 3.25. The maximum Gasteiger partial charge on any atom is 0.283 e. The van der Waals surface area contributed by atoms with Crippen molar-refractivity contribution in [2.24, 2.45) is 0 Å². The lowest BCUT2D eigenvalue weighted by molar-refractivity contribution is -0.113. The molecule has 5 aromatic rings. The lowest BCUT2D eigenvalue weighted by Gasteiger charge is -2.15. The number of hydrogen-bond donors (Lipinski definition) is 2. The second kappa shape index (κ2) is 9.91. The fraction of sp³-hybridized carbons (Fsp3) is 0.179. The number of nitrogens with zero attached hydrogens (tertiary/aromatic N) is 2. The van der Waals surface area contributed by atoms with Gasteiger partial charge in [-0.1, -0.05) is 42.1 Å². The zero-order chi connectivity index (χ0) is 25.2. The number of thioether (sulfide) groups is 1. The highest BCUT2D eigenvalue weighted by Gasteiger charge is 2.19. The van der Waals surface area contributed by atoms with E-state index >= 15 is 0 Å². The summed E-state index contributed by atoms with van der Waals surface area (Å²) < 4.78 is 7.06.